The number of fused-ring (bicyclic) bond motifs is 3. The summed E-state index contributed by atoms with van der Waals surface area (Å²) in [6.07, 6.45) is 0. The van der Waals surface area contributed by atoms with Gasteiger partial charge in [-0.1, -0.05) is 97.1 Å². The minimum absolute atomic E-state index is 1.08. The van der Waals surface area contributed by atoms with Crippen LogP contribution in [0.15, 0.2) is 212 Å². The molecule has 4 heteroatoms. The van der Waals surface area contributed by atoms with Gasteiger partial charge >= 0.3 is 0 Å². The van der Waals surface area contributed by atoms with Crippen LogP contribution in [0.4, 0.5) is 51.2 Å². The van der Waals surface area contributed by atoms with E-state index in [0.29, 0.717) is 0 Å². The molecule has 1 heterocycles. The lowest BCUT2D eigenvalue weighted by Gasteiger charge is -2.29. The third-order valence-electron chi connectivity index (χ3n) is 9.37. The summed E-state index contributed by atoms with van der Waals surface area (Å²) in [6.45, 7) is 0. The van der Waals surface area contributed by atoms with Gasteiger partial charge in [0.05, 0.1) is 0 Å². The van der Waals surface area contributed by atoms with Crippen molar-refractivity contribution in [1.29, 1.82) is 0 Å². The van der Waals surface area contributed by atoms with Crippen LogP contribution in [0.25, 0.3) is 20.2 Å². The third-order valence-corrected chi connectivity index (χ3v) is 10.5. The largest absolute Gasteiger partial charge is 0.310 e. The van der Waals surface area contributed by atoms with Crippen molar-refractivity contribution in [2.45, 2.75) is 0 Å². The van der Waals surface area contributed by atoms with E-state index in [1.54, 1.807) is 0 Å². The Morgan fingerprint density at radius 2 is 0.500 bits per heavy atom. The predicted octanol–water partition coefficient (Wildman–Crippen LogP) is 14.5. The molecular formula is C48H35N3S. The molecule has 0 saturated heterocycles. The summed E-state index contributed by atoms with van der Waals surface area (Å²) in [6, 6.07) is 75.6. The van der Waals surface area contributed by atoms with Gasteiger partial charge in [0.2, 0.25) is 0 Å². The van der Waals surface area contributed by atoms with Gasteiger partial charge < -0.3 is 14.7 Å². The van der Waals surface area contributed by atoms with Gasteiger partial charge in [-0.05, 0) is 115 Å². The average Bonchev–Trinajstić information content (AvgIpc) is 3.58. The highest BCUT2D eigenvalue weighted by Gasteiger charge is 2.19. The van der Waals surface area contributed by atoms with Gasteiger partial charge in [-0.15, -0.1) is 11.3 Å². The van der Waals surface area contributed by atoms with Gasteiger partial charge in [0.1, 0.15) is 0 Å². The Morgan fingerprint density at radius 3 is 0.827 bits per heavy atom. The fourth-order valence-corrected chi connectivity index (χ4v) is 8.10. The Morgan fingerprint density at radius 1 is 0.231 bits per heavy atom. The van der Waals surface area contributed by atoms with Gasteiger partial charge in [0.15, 0.2) is 0 Å². The second-order valence-corrected chi connectivity index (χ2v) is 13.8. The molecule has 0 atom stereocenters. The van der Waals surface area contributed by atoms with Crippen molar-refractivity contribution in [3.8, 4) is 0 Å². The summed E-state index contributed by atoms with van der Waals surface area (Å²) >= 11 is 1.84. The number of nitrogens with zero attached hydrogens (tertiary/aromatic N) is 3. The normalized spacial score (nSPS) is 11.1. The molecule has 1 aromatic heterocycles. The molecule has 8 aromatic carbocycles. The van der Waals surface area contributed by atoms with Gasteiger partial charge in [-0.25, -0.2) is 0 Å². The van der Waals surface area contributed by atoms with E-state index in [9.17, 15) is 0 Å². The number of anilines is 9. The molecule has 9 rings (SSSR count). The van der Waals surface area contributed by atoms with Gasteiger partial charge in [-0.3, -0.25) is 0 Å². The summed E-state index contributed by atoms with van der Waals surface area (Å²) in [5.41, 5.74) is 9.98. The molecule has 0 N–H and O–H groups in total. The van der Waals surface area contributed by atoms with Crippen molar-refractivity contribution >= 4 is 82.7 Å². The van der Waals surface area contributed by atoms with Crippen LogP contribution in [-0.4, -0.2) is 0 Å². The van der Waals surface area contributed by atoms with Gasteiger partial charge in [0.25, 0.3) is 0 Å². The maximum Gasteiger partial charge on any atom is 0.0482 e. The molecule has 0 unspecified atom stereocenters. The first-order valence-electron chi connectivity index (χ1n) is 17.5. The molecule has 0 aliphatic rings. The van der Waals surface area contributed by atoms with E-state index in [2.05, 4.69) is 227 Å². The minimum atomic E-state index is 1.08. The van der Waals surface area contributed by atoms with Crippen LogP contribution in [-0.2, 0) is 0 Å². The zero-order valence-electron chi connectivity index (χ0n) is 28.5. The Kier molecular flexibility index (Phi) is 8.41. The summed E-state index contributed by atoms with van der Waals surface area (Å²) in [4.78, 5) is 7.01. The minimum Gasteiger partial charge on any atom is -0.310 e. The molecule has 52 heavy (non-hydrogen) atoms. The molecule has 0 saturated carbocycles. The van der Waals surface area contributed by atoms with Crippen molar-refractivity contribution in [2.75, 3.05) is 14.7 Å². The highest BCUT2D eigenvalue weighted by Crippen LogP contribution is 2.44. The lowest BCUT2D eigenvalue weighted by atomic mass is 10.1. The monoisotopic (exact) mass is 685 g/mol. The smallest absolute Gasteiger partial charge is 0.0482 e. The zero-order chi connectivity index (χ0) is 34.7. The first-order valence-corrected chi connectivity index (χ1v) is 18.3. The van der Waals surface area contributed by atoms with Crippen molar-refractivity contribution in [1.82, 2.24) is 0 Å². The second-order valence-electron chi connectivity index (χ2n) is 12.7. The van der Waals surface area contributed by atoms with E-state index in [1.807, 2.05) is 11.3 Å². The number of hydrogen-bond donors (Lipinski definition) is 0. The van der Waals surface area contributed by atoms with E-state index in [-0.39, 0.29) is 0 Å². The fourth-order valence-electron chi connectivity index (χ4n) is 7.03. The lowest BCUT2D eigenvalue weighted by Crippen LogP contribution is -2.13. The highest BCUT2D eigenvalue weighted by atomic mass is 32.1. The summed E-state index contributed by atoms with van der Waals surface area (Å²) < 4.78 is 2.54. The molecule has 0 fully saturated rings. The Hall–Kier alpha value is -6.62. The molecule has 0 bridgehead atoms. The van der Waals surface area contributed by atoms with Crippen molar-refractivity contribution in [3.05, 3.63) is 212 Å². The number of para-hydroxylation sites is 5. The molecule has 0 aliphatic heterocycles. The topological polar surface area (TPSA) is 9.72 Å². The maximum atomic E-state index is 2.37. The van der Waals surface area contributed by atoms with E-state index in [4.69, 9.17) is 0 Å². The molecule has 9 aromatic rings. The molecule has 0 spiro atoms. The maximum absolute atomic E-state index is 2.37. The van der Waals surface area contributed by atoms with Crippen molar-refractivity contribution < 1.29 is 0 Å². The fraction of sp³-hybridized carbons (Fsp3) is 0. The summed E-state index contributed by atoms with van der Waals surface area (Å²) in [7, 11) is 0. The predicted molar refractivity (Wildman–Crippen MR) is 223 cm³/mol. The first-order chi connectivity index (χ1) is 25.8. The van der Waals surface area contributed by atoms with E-state index in [0.717, 1.165) is 51.2 Å². The molecule has 3 nitrogen and oxygen atoms in total. The van der Waals surface area contributed by atoms with Crippen LogP contribution < -0.4 is 14.7 Å². The number of rotatable bonds is 9. The van der Waals surface area contributed by atoms with Gasteiger partial charge in [-0.2, -0.15) is 0 Å². The van der Waals surface area contributed by atoms with E-state index < -0.39 is 0 Å². The Balaban J connectivity index is 1.19. The van der Waals surface area contributed by atoms with E-state index >= 15 is 0 Å². The molecule has 0 aliphatic carbocycles. The van der Waals surface area contributed by atoms with Crippen LogP contribution >= 0.6 is 11.3 Å². The highest BCUT2D eigenvalue weighted by molar-refractivity contribution is 7.25. The van der Waals surface area contributed by atoms with Crippen LogP contribution in [0.3, 0.4) is 0 Å². The summed E-state index contributed by atoms with van der Waals surface area (Å²) in [5.74, 6) is 0. The van der Waals surface area contributed by atoms with Crippen LogP contribution in [0.5, 0.6) is 0 Å². The standard InChI is InChI=1S/C48H35N3S/c1-6-17-36(18-7-1)49(37-19-8-2-9-20-37)41-27-16-28-42(33-41)51(40-25-14-5-15-26-40)44-30-32-48-46(35-44)45-34-43(29-31-47(45)52-48)50(38-21-10-3-11-22-38)39-23-12-4-13-24-39/h1-35H. The Labute approximate surface area is 308 Å². The van der Waals surface area contributed by atoms with Crippen molar-refractivity contribution in [2.24, 2.45) is 0 Å². The third kappa shape index (κ3) is 6.06. The SMILES string of the molecule is c1ccc(N(c2ccccc2)c2cccc(N(c3ccccc3)c3ccc4sc5ccc(N(c6ccccc6)c6ccccc6)cc5c4c3)c2)cc1. The van der Waals surface area contributed by atoms with Crippen LogP contribution in [0.2, 0.25) is 0 Å². The quantitative estimate of drug-likeness (QED) is 0.150. The average molecular weight is 686 g/mol. The summed E-state index contributed by atoms with van der Waals surface area (Å²) in [5, 5.41) is 2.49. The first kappa shape index (κ1) is 31.4. The lowest BCUT2D eigenvalue weighted by molar-refractivity contribution is 1.25. The van der Waals surface area contributed by atoms with Crippen LogP contribution in [0.1, 0.15) is 0 Å². The van der Waals surface area contributed by atoms with E-state index in [1.165, 1.54) is 20.2 Å². The molecule has 0 radical (unpaired) electrons. The van der Waals surface area contributed by atoms with Crippen molar-refractivity contribution in [3.63, 3.8) is 0 Å². The molecule has 248 valence electrons. The molecular weight excluding hydrogens is 651 g/mol. The van der Waals surface area contributed by atoms with Gasteiger partial charge in [0, 0.05) is 71.4 Å². The Bertz CT molecular complexity index is 2490. The second kappa shape index (κ2) is 13.9. The van der Waals surface area contributed by atoms with Crippen LogP contribution in [0, 0.1) is 0 Å². The molecule has 0 amide bonds. The number of hydrogen-bond acceptors (Lipinski definition) is 4. The number of thiophene rings is 1. The number of benzene rings is 8. The zero-order valence-corrected chi connectivity index (χ0v) is 29.3.